The minimum Gasteiger partial charge on any atom is -0.459 e. The number of nitrogens with one attached hydrogen (secondary N) is 1. The van der Waals surface area contributed by atoms with Crippen molar-refractivity contribution in [3.8, 4) is 0 Å². The zero-order valence-electron chi connectivity index (χ0n) is 20.1. The first-order valence-electron chi connectivity index (χ1n) is 12.3. The standard InChI is InChI=1S/C29H34N2O3/c1-3-22-14-16-24(17-15-22)27(28(32)30-25-11-6-7-12-25)31(29(33)26-13-8-20-34-26)19-18-23-10-5-4-9-21(23)2/h4-5,8-10,13-17,20,25,27H,3,6-7,11-12,18-19H2,1-2H3,(H,30,32)/t27-/m1/s1. The molecule has 0 saturated heterocycles. The fourth-order valence-corrected chi connectivity index (χ4v) is 4.78. The van der Waals surface area contributed by atoms with Crippen LogP contribution in [0.5, 0.6) is 0 Å². The van der Waals surface area contributed by atoms with Gasteiger partial charge in [0, 0.05) is 12.6 Å². The molecule has 0 bridgehead atoms. The van der Waals surface area contributed by atoms with Crippen molar-refractivity contribution in [3.05, 3.63) is 94.9 Å². The lowest BCUT2D eigenvalue weighted by Gasteiger charge is -2.32. The van der Waals surface area contributed by atoms with Crippen molar-refractivity contribution in [1.29, 1.82) is 0 Å². The largest absolute Gasteiger partial charge is 0.459 e. The van der Waals surface area contributed by atoms with Crippen LogP contribution in [0, 0.1) is 6.92 Å². The maximum atomic E-state index is 13.7. The molecule has 1 saturated carbocycles. The fraction of sp³-hybridized carbons (Fsp3) is 0.379. The summed E-state index contributed by atoms with van der Waals surface area (Å²) >= 11 is 0. The van der Waals surface area contributed by atoms with E-state index in [0.29, 0.717) is 13.0 Å². The van der Waals surface area contributed by atoms with Gasteiger partial charge in [-0.3, -0.25) is 9.59 Å². The number of benzene rings is 2. The number of carbonyl (C=O) groups excluding carboxylic acids is 2. The van der Waals surface area contributed by atoms with Crippen molar-refractivity contribution >= 4 is 11.8 Å². The van der Waals surface area contributed by atoms with Gasteiger partial charge in [0.15, 0.2) is 5.76 Å². The second-order valence-electron chi connectivity index (χ2n) is 9.14. The fourth-order valence-electron chi connectivity index (χ4n) is 4.78. The molecule has 1 aliphatic carbocycles. The van der Waals surface area contributed by atoms with Gasteiger partial charge in [0.2, 0.25) is 5.91 Å². The van der Waals surface area contributed by atoms with Gasteiger partial charge >= 0.3 is 0 Å². The van der Waals surface area contributed by atoms with E-state index in [1.165, 1.54) is 17.4 Å². The molecule has 2 aromatic carbocycles. The van der Waals surface area contributed by atoms with Gasteiger partial charge in [-0.2, -0.15) is 0 Å². The average Bonchev–Trinajstić information content (AvgIpc) is 3.57. The van der Waals surface area contributed by atoms with Crippen LogP contribution in [-0.2, 0) is 17.6 Å². The quantitative estimate of drug-likeness (QED) is 0.452. The summed E-state index contributed by atoms with van der Waals surface area (Å²) in [7, 11) is 0. The maximum Gasteiger partial charge on any atom is 0.290 e. The summed E-state index contributed by atoms with van der Waals surface area (Å²) in [6, 6.07) is 19.0. The molecule has 34 heavy (non-hydrogen) atoms. The minimum absolute atomic E-state index is 0.124. The third kappa shape index (κ3) is 5.58. The summed E-state index contributed by atoms with van der Waals surface area (Å²) in [5, 5.41) is 3.23. The van der Waals surface area contributed by atoms with Gasteiger partial charge in [0.1, 0.15) is 6.04 Å². The van der Waals surface area contributed by atoms with Crippen LogP contribution in [0.1, 0.15) is 71.5 Å². The van der Waals surface area contributed by atoms with Crippen LogP contribution in [0.2, 0.25) is 0 Å². The van der Waals surface area contributed by atoms with Crippen LogP contribution in [0.15, 0.2) is 71.3 Å². The number of nitrogens with zero attached hydrogens (tertiary/aromatic N) is 1. The lowest BCUT2D eigenvalue weighted by Crippen LogP contribution is -2.46. The Bertz CT molecular complexity index is 1080. The van der Waals surface area contributed by atoms with Gasteiger partial charge in [-0.05, 0) is 67.0 Å². The van der Waals surface area contributed by atoms with Crippen molar-refractivity contribution < 1.29 is 14.0 Å². The van der Waals surface area contributed by atoms with Gasteiger partial charge in [-0.15, -0.1) is 0 Å². The maximum absolute atomic E-state index is 13.7. The van der Waals surface area contributed by atoms with E-state index in [1.807, 2.05) is 36.4 Å². The van der Waals surface area contributed by atoms with E-state index in [9.17, 15) is 9.59 Å². The van der Waals surface area contributed by atoms with E-state index in [-0.39, 0.29) is 23.6 Å². The first-order valence-corrected chi connectivity index (χ1v) is 12.3. The summed E-state index contributed by atoms with van der Waals surface area (Å²) in [6.07, 6.45) is 7.30. The predicted octanol–water partition coefficient (Wildman–Crippen LogP) is 5.64. The van der Waals surface area contributed by atoms with Crippen molar-refractivity contribution in [2.45, 2.75) is 64.5 Å². The molecule has 0 radical (unpaired) electrons. The normalized spacial score (nSPS) is 14.6. The Hall–Kier alpha value is -3.34. The highest BCUT2D eigenvalue weighted by molar-refractivity contribution is 5.96. The molecule has 1 N–H and O–H groups in total. The minimum atomic E-state index is -0.729. The molecule has 1 aliphatic rings. The lowest BCUT2D eigenvalue weighted by molar-refractivity contribution is -0.126. The van der Waals surface area contributed by atoms with Crippen LogP contribution >= 0.6 is 0 Å². The first kappa shape index (κ1) is 23.8. The van der Waals surface area contributed by atoms with E-state index < -0.39 is 6.04 Å². The van der Waals surface area contributed by atoms with Gasteiger partial charge in [0.05, 0.1) is 6.26 Å². The average molecular weight is 459 g/mol. The molecule has 1 fully saturated rings. The van der Waals surface area contributed by atoms with Crippen LogP contribution in [0.3, 0.4) is 0 Å². The summed E-state index contributed by atoms with van der Waals surface area (Å²) < 4.78 is 5.46. The molecule has 178 valence electrons. The molecule has 5 nitrogen and oxygen atoms in total. The van der Waals surface area contributed by atoms with Crippen molar-refractivity contribution in [3.63, 3.8) is 0 Å². The zero-order valence-corrected chi connectivity index (χ0v) is 20.1. The third-order valence-corrected chi connectivity index (χ3v) is 6.84. The van der Waals surface area contributed by atoms with Gasteiger partial charge in [-0.25, -0.2) is 0 Å². The van der Waals surface area contributed by atoms with Gasteiger partial charge in [0.25, 0.3) is 5.91 Å². The van der Waals surface area contributed by atoms with E-state index in [0.717, 1.165) is 43.2 Å². The van der Waals surface area contributed by atoms with E-state index >= 15 is 0 Å². The van der Waals surface area contributed by atoms with Crippen molar-refractivity contribution in [1.82, 2.24) is 10.2 Å². The number of hydrogen-bond donors (Lipinski definition) is 1. The van der Waals surface area contributed by atoms with Crippen molar-refractivity contribution in [2.24, 2.45) is 0 Å². The lowest BCUT2D eigenvalue weighted by atomic mass is 9.99. The molecule has 0 aliphatic heterocycles. The molecule has 1 aromatic heterocycles. The number of carbonyl (C=O) groups is 2. The van der Waals surface area contributed by atoms with E-state index in [4.69, 9.17) is 4.42 Å². The van der Waals surface area contributed by atoms with Crippen LogP contribution in [0.25, 0.3) is 0 Å². The second-order valence-corrected chi connectivity index (χ2v) is 9.14. The Labute approximate surface area is 202 Å². The zero-order chi connectivity index (χ0) is 23.9. The Morgan fingerprint density at radius 1 is 1.03 bits per heavy atom. The molecule has 1 heterocycles. The Balaban J connectivity index is 1.69. The van der Waals surface area contributed by atoms with Crippen LogP contribution in [0.4, 0.5) is 0 Å². The van der Waals surface area contributed by atoms with Crippen LogP contribution in [-0.4, -0.2) is 29.3 Å². The molecule has 5 heteroatoms. The molecule has 3 aromatic rings. The predicted molar refractivity (Wildman–Crippen MR) is 134 cm³/mol. The molecule has 4 rings (SSSR count). The number of aryl methyl sites for hydroxylation is 2. The highest BCUT2D eigenvalue weighted by Crippen LogP contribution is 2.27. The molecular weight excluding hydrogens is 424 g/mol. The summed E-state index contributed by atoms with van der Waals surface area (Å²) in [5.74, 6) is -0.154. The number of furan rings is 1. The van der Waals surface area contributed by atoms with Gasteiger partial charge < -0.3 is 14.6 Å². The monoisotopic (exact) mass is 458 g/mol. The Morgan fingerprint density at radius 3 is 2.41 bits per heavy atom. The number of amides is 2. The number of hydrogen-bond acceptors (Lipinski definition) is 3. The van der Waals surface area contributed by atoms with Crippen LogP contribution < -0.4 is 5.32 Å². The molecule has 0 spiro atoms. The smallest absolute Gasteiger partial charge is 0.290 e. The topological polar surface area (TPSA) is 62.6 Å². The Morgan fingerprint density at radius 2 is 1.76 bits per heavy atom. The molecule has 1 atom stereocenters. The summed E-state index contributed by atoms with van der Waals surface area (Å²) in [5.41, 5.74) is 4.35. The molecular formula is C29H34N2O3. The summed E-state index contributed by atoms with van der Waals surface area (Å²) in [4.78, 5) is 29.0. The summed E-state index contributed by atoms with van der Waals surface area (Å²) in [6.45, 7) is 4.58. The highest BCUT2D eigenvalue weighted by Gasteiger charge is 2.34. The molecule has 0 unspecified atom stereocenters. The van der Waals surface area contributed by atoms with E-state index in [1.54, 1.807) is 17.0 Å². The molecule has 2 amide bonds. The number of rotatable bonds is 9. The van der Waals surface area contributed by atoms with E-state index in [2.05, 4.69) is 31.3 Å². The second kappa shape index (κ2) is 11.2. The highest BCUT2D eigenvalue weighted by atomic mass is 16.3. The first-order chi connectivity index (χ1) is 16.6. The third-order valence-electron chi connectivity index (χ3n) is 6.84. The van der Waals surface area contributed by atoms with Crippen molar-refractivity contribution in [2.75, 3.05) is 6.54 Å². The Kier molecular flexibility index (Phi) is 7.84. The SMILES string of the molecule is CCc1ccc([C@H](C(=O)NC2CCCC2)N(CCc2ccccc2C)C(=O)c2ccco2)cc1. The van der Waals surface area contributed by atoms with Gasteiger partial charge in [-0.1, -0.05) is 68.3 Å².